The zero-order valence-electron chi connectivity index (χ0n) is 11.1. The molecule has 0 saturated carbocycles. The quantitative estimate of drug-likeness (QED) is 0.296. The van der Waals surface area contributed by atoms with Gasteiger partial charge in [-0.1, -0.05) is 28.1 Å². The minimum Gasteiger partial charge on any atom is -0.383 e. The van der Waals surface area contributed by atoms with Gasteiger partial charge < -0.3 is 15.8 Å². The Morgan fingerprint density at radius 3 is 2.95 bits per heavy atom. The maximum atomic E-state index is 5.69. The second-order valence-corrected chi connectivity index (χ2v) is 4.84. The molecule has 0 spiro atoms. The zero-order valence-corrected chi connectivity index (χ0v) is 15.0. The lowest BCUT2D eigenvalue weighted by molar-refractivity contribution is 0.204. The van der Waals surface area contributed by atoms with Gasteiger partial charge in [0.1, 0.15) is 0 Å². The number of halogens is 2. The van der Waals surface area contributed by atoms with Crippen molar-refractivity contribution >= 4 is 45.9 Å². The minimum absolute atomic E-state index is 0. The van der Waals surface area contributed by atoms with Crippen LogP contribution in [0.5, 0.6) is 0 Å². The number of ether oxygens (including phenoxy) is 1. The highest BCUT2D eigenvalue weighted by atomic mass is 127. The molecule has 0 aromatic heterocycles. The molecule has 6 heteroatoms. The zero-order chi connectivity index (χ0) is 13.2. The van der Waals surface area contributed by atoms with Crippen LogP contribution in [-0.2, 0) is 11.2 Å². The van der Waals surface area contributed by atoms with Crippen molar-refractivity contribution in [2.75, 3.05) is 26.8 Å². The van der Waals surface area contributed by atoms with Crippen molar-refractivity contribution < 1.29 is 4.74 Å². The normalized spacial score (nSPS) is 10.9. The van der Waals surface area contributed by atoms with Gasteiger partial charge in [-0.3, -0.25) is 4.99 Å². The highest BCUT2D eigenvalue weighted by Gasteiger charge is 1.95. The number of hydrogen-bond donors (Lipinski definition) is 2. The van der Waals surface area contributed by atoms with Gasteiger partial charge in [0.25, 0.3) is 0 Å². The predicted molar refractivity (Wildman–Crippen MR) is 94.2 cm³/mol. The summed E-state index contributed by atoms with van der Waals surface area (Å²) in [6.07, 6.45) is 2.00. The summed E-state index contributed by atoms with van der Waals surface area (Å²) in [6.45, 7) is 2.06. The van der Waals surface area contributed by atoms with Crippen molar-refractivity contribution in [3.63, 3.8) is 0 Å². The van der Waals surface area contributed by atoms with Crippen molar-refractivity contribution in [2.45, 2.75) is 12.8 Å². The van der Waals surface area contributed by atoms with Crippen molar-refractivity contribution in [2.24, 2.45) is 10.7 Å². The molecular formula is C13H21BrIN3O. The fourth-order valence-electron chi connectivity index (χ4n) is 1.51. The van der Waals surface area contributed by atoms with E-state index in [0.717, 1.165) is 23.9 Å². The topological polar surface area (TPSA) is 59.6 Å². The second-order valence-electron chi connectivity index (χ2n) is 3.92. The van der Waals surface area contributed by atoms with Crippen LogP contribution in [0.25, 0.3) is 0 Å². The summed E-state index contributed by atoms with van der Waals surface area (Å²) in [6, 6.07) is 8.32. The van der Waals surface area contributed by atoms with Crippen LogP contribution in [-0.4, -0.2) is 32.8 Å². The summed E-state index contributed by atoms with van der Waals surface area (Å²) < 4.78 is 6.02. The molecule has 0 unspecified atom stereocenters. The van der Waals surface area contributed by atoms with Crippen LogP contribution >= 0.6 is 39.9 Å². The van der Waals surface area contributed by atoms with Crippen LogP contribution in [0.3, 0.4) is 0 Å². The third kappa shape index (κ3) is 9.23. The number of benzene rings is 1. The van der Waals surface area contributed by atoms with Crippen molar-refractivity contribution in [1.29, 1.82) is 0 Å². The molecule has 1 aromatic rings. The molecule has 0 saturated heterocycles. The summed E-state index contributed by atoms with van der Waals surface area (Å²) in [5.41, 5.74) is 7.00. The van der Waals surface area contributed by atoms with Crippen LogP contribution < -0.4 is 11.1 Å². The van der Waals surface area contributed by atoms with E-state index in [9.17, 15) is 0 Å². The molecular weight excluding hydrogens is 421 g/mol. The maximum absolute atomic E-state index is 5.69. The van der Waals surface area contributed by atoms with Gasteiger partial charge in [0.05, 0.1) is 6.61 Å². The van der Waals surface area contributed by atoms with E-state index in [0.29, 0.717) is 19.1 Å². The largest absolute Gasteiger partial charge is 0.383 e. The summed E-state index contributed by atoms with van der Waals surface area (Å²) in [5, 5.41) is 2.99. The Labute approximate surface area is 140 Å². The molecule has 0 atom stereocenters. The van der Waals surface area contributed by atoms with Gasteiger partial charge in [-0.25, -0.2) is 0 Å². The van der Waals surface area contributed by atoms with Crippen LogP contribution in [0, 0.1) is 0 Å². The predicted octanol–water partition coefficient (Wildman–Crippen LogP) is 2.55. The monoisotopic (exact) mass is 441 g/mol. The molecule has 0 bridgehead atoms. The smallest absolute Gasteiger partial charge is 0.188 e. The number of hydrogen-bond acceptors (Lipinski definition) is 2. The maximum Gasteiger partial charge on any atom is 0.188 e. The third-order valence-corrected chi connectivity index (χ3v) is 2.90. The number of nitrogens with two attached hydrogens (primary N) is 1. The first-order valence-electron chi connectivity index (χ1n) is 5.99. The Bertz CT molecular complexity index is 388. The van der Waals surface area contributed by atoms with Gasteiger partial charge in [0.15, 0.2) is 5.96 Å². The Hall–Kier alpha value is -0.340. The average Bonchev–Trinajstić information content (AvgIpc) is 2.35. The summed E-state index contributed by atoms with van der Waals surface area (Å²) >= 11 is 3.46. The fourth-order valence-corrected chi connectivity index (χ4v) is 1.96. The third-order valence-electron chi connectivity index (χ3n) is 2.41. The number of nitrogens with zero attached hydrogens (tertiary/aromatic N) is 1. The van der Waals surface area contributed by atoms with E-state index in [1.165, 1.54) is 5.56 Å². The van der Waals surface area contributed by atoms with Crippen LogP contribution in [0.1, 0.15) is 12.0 Å². The Kier molecular flexibility index (Phi) is 11.3. The lowest BCUT2D eigenvalue weighted by Gasteiger charge is -2.04. The van der Waals surface area contributed by atoms with E-state index in [-0.39, 0.29) is 24.0 Å². The molecule has 1 aromatic carbocycles. The molecule has 0 fully saturated rings. The number of guanidine groups is 1. The minimum atomic E-state index is 0. The van der Waals surface area contributed by atoms with Crippen LogP contribution in [0.15, 0.2) is 33.7 Å². The molecule has 0 radical (unpaired) electrons. The first kappa shape index (κ1) is 18.7. The van der Waals surface area contributed by atoms with Gasteiger partial charge in [-0.05, 0) is 30.5 Å². The highest BCUT2D eigenvalue weighted by Crippen LogP contribution is 2.12. The van der Waals surface area contributed by atoms with E-state index in [1.54, 1.807) is 7.11 Å². The highest BCUT2D eigenvalue weighted by molar-refractivity contribution is 14.0. The molecule has 0 aliphatic carbocycles. The van der Waals surface area contributed by atoms with E-state index in [1.807, 2.05) is 12.1 Å². The van der Waals surface area contributed by atoms with Gasteiger partial charge >= 0.3 is 0 Å². The first-order chi connectivity index (χ1) is 8.72. The summed E-state index contributed by atoms with van der Waals surface area (Å²) in [7, 11) is 1.66. The van der Waals surface area contributed by atoms with Gasteiger partial charge in [-0.2, -0.15) is 0 Å². The van der Waals surface area contributed by atoms with Gasteiger partial charge in [0.2, 0.25) is 0 Å². The SMILES string of the molecule is COCCNC(N)=NCCCc1cccc(Br)c1.I. The van der Waals surface area contributed by atoms with E-state index in [2.05, 4.69) is 38.4 Å². The Morgan fingerprint density at radius 1 is 1.47 bits per heavy atom. The van der Waals surface area contributed by atoms with Crippen molar-refractivity contribution in [3.8, 4) is 0 Å². The summed E-state index contributed by atoms with van der Waals surface area (Å²) in [5.74, 6) is 0.487. The first-order valence-corrected chi connectivity index (χ1v) is 6.79. The fraction of sp³-hybridized carbons (Fsp3) is 0.462. The van der Waals surface area contributed by atoms with Crippen molar-refractivity contribution in [1.82, 2.24) is 5.32 Å². The molecule has 0 aliphatic heterocycles. The van der Waals surface area contributed by atoms with E-state index < -0.39 is 0 Å². The van der Waals surface area contributed by atoms with Crippen LogP contribution in [0.2, 0.25) is 0 Å². The van der Waals surface area contributed by atoms with Crippen molar-refractivity contribution in [3.05, 3.63) is 34.3 Å². The second kappa shape index (κ2) is 11.5. The lowest BCUT2D eigenvalue weighted by Crippen LogP contribution is -2.34. The molecule has 19 heavy (non-hydrogen) atoms. The molecule has 0 aliphatic rings. The lowest BCUT2D eigenvalue weighted by atomic mass is 10.1. The number of aryl methyl sites for hydroxylation is 1. The number of aliphatic imine (C=N–C) groups is 1. The molecule has 0 amide bonds. The van der Waals surface area contributed by atoms with Gasteiger partial charge in [0, 0.05) is 24.7 Å². The number of rotatable bonds is 7. The van der Waals surface area contributed by atoms with E-state index in [4.69, 9.17) is 10.5 Å². The van der Waals surface area contributed by atoms with E-state index >= 15 is 0 Å². The molecule has 1 rings (SSSR count). The Morgan fingerprint density at radius 2 is 2.26 bits per heavy atom. The Balaban J connectivity index is 0.00000324. The molecule has 4 nitrogen and oxygen atoms in total. The molecule has 3 N–H and O–H groups in total. The molecule has 108 valence electrons. The summed E-state index contributed by atoms with van der Waals surface area (Å²) in [4.78, 5) is 4.25. The number of methoxy groups -OCH3 is 1. The number of nitrogens with one attached hydrogen (secondary N) is 1. The standard InChI is InChI=1S/C13H20BrN3O.HI/c1-18-9-8-17-13(15)16-7-3-5-11-4-2-6-12(14)10-11;/h2,4,6,10H,3,5,7-9H2,1H3,(H3,15,16,17);1H. The average molecular weight is 442 g/mol. The van der Waals surface area contributed by atoms with Gasteiger partial charge in [-0.15, -0.1) is 24.0 Å². The molecule has 0 heterocycles. The van der Waals surface area contributed by atoms with Crippen LogP contribution in [0.4, 0.5) is 0 Å².